The summed E-state index contributed by atoms with van der Waals surface area (Å²) < 4.78 is 10.5. The number of ether oxygens (including phenoxy) is 1. The first kappa shape index (κ1) is 17.5. The number of carbonyl (C=O) groups is 1. The van der Waals surface area contributed by atoms with E-state index >= 15 is 0 Å². The number of benzene rings is 1. The molecule has 0 bridgehead atoms. The molecule has 0 aliphatic rings. The highest BCUT2D eigenvalue weighted by atomic mass is 16.5. The Morgan fingerprint density at radius 2 is 2.04 bits per heavy atom. The fourth-order valence-corrected chi connectivity index (χ4v) is 2.59. The normalized spacial score (nSPS) is 10.4. The van der Waals surface area contributed by atoms with Gasteiger partial charge in [0.25, 0.3) is 5.91 Å². The Hall–Kier alpha value is -3.28. The molecule has 0 spiro atoms. The van der Waals surface area contributed by atoms with E-state index in [0.29, 0.717) is 23.7 Å². The molecule has 1 amide bonds. The monoisotopic (exact) mass is 351 g/mol. The molecule has 0 saturated heterocycles. The second-order valence-electron chi connectivity index (χ2n) is 5.96. The maximum Gasteiger partial charge on any atom is 0.255 e. The lowest BCUT2D eigenvalue weighted by Gasteiger charge is -2.17. The van der Waals surface area contributed by atoms with E-state index in [1.807, 2.05) is 55.4 Å². The van der Waals surface area contributed by atoms with Crippen molar-refractivity contribution in [3.63, 3.8) is 0 Å². The summed E-state index contributed by atoms with van der Waals surface area (Å²) in [5.41, 5.74) is 2.21. The summed E-state index contributed by atoms with van der Waals surface area (Å²) in [4.78, 5) is 19.1. The smallest absolute Gasteiger partial charge is 0.255 e. The fourth-order valence-electron chi connectivity index (χ4n) is 2.59. The van der Waals surface area contributed by atoms with Crippen LogP contribution < -0.4 is 15.0 Å². The number of hydrogen-bond donors (Lipinski definition) is 1. The molecule has 0 radical (unpaired) electrons. The largest absolute Gasteiger partial charge is 0.497 e. The Kier molecular flexibility index (Phi) is 5.22. The Balaban J connectivity index is 1.87. The van der Waals surface area contributed by atoms with Crippen LogP contribution in [-0.2, 0) is 6.54 Å². The molecular formula is C20H21N3O3. The maximum absolute atomic E-state index is 12.6. The van der Waals surface area contributed by atoms with Gasteiger partial charge in [0.1, 0.15) is 17.3 Å². The predicted molar refractivity (Wildman–Crippen MR) is 100 cm³/mol. The van der Waals surface area contributed by atoms with Crippen molar-refractivity contribution >= 4 is 11.7 Å². The van der Waals surface area contributed by atoms with Crippen LogP contribution in [0.15, 0.2) is 59.2 Å². The molecule has 3 rings (SSSR count). The van der Waals surface area contributed by atoms with Gasteiger partial charge < -0.3 is 19.4 Å². The number of aromatic nitrogens is 1. The molecule has 0 unspecified atom stereocenters. The first-order valence-corrected chi connectivity index (χ1v) is 8.22. The second-order valence-corrected chi connectivity index (χ2v) is 5.96. The minimum absolute atomic E-state index is 0.199. The lowest BCUT2D eigenvalue weighted by atomic mass is 10.1. The van der Waals surface area contributed by atoms with Crippen molar-refractivity contribution in [1.29, 1.82) is 0 Å². The van der Waals surface area contributed by atoms with Gasteiger partial charge in [-0.15, -0.1) is 0 Å². The quantitative estimate of drug-likeness (QED) is 0.738. The van der Waals surface area contributed by atoms with Gasteiger partial charge in [-0.05, 0) is 36.4 Å². The molecule has 0 aliphatic carbocycles. The van der Waals surface area contributed by atoms with Gasteiger partial charge in [-0.1, -0.05) is 12.1 Å². The van der Waals surface area contributed by atoms with Crippen LogP contribution in [0, 0.1) is 0 Å². The number of pyridine rings is 1. The van der Waals surface area contributed by atoms with Crippen LogP contribution in [0.3, 0.4) is 0 Å². The molecule has 0 saturated carbocycles. The van der Waals surface area contributed by atoms with Crippen molar-refractivity contribution in [2.75, 3.05) is 26.1 Å². The topological polar surface area (TPSA) is 67.6 Å². The molecule has 2 heterocycles. The van der Waals surface area contributed by atoms with Gasteiger partial charge in [0.05, 0.1) is 31.2 Å². The lowest BCUT2D eigenvalue weighted by Crippen LogP contribution is -2.26. The Morgan fingerprint density at radius 3 is 2.73 bits per heavy atom. The zero-order valence-electron chi connectivity index (χ0n) is 15.0. The molecular weight excluding hydrogens is 330 g/mol. The average molecular weight is 351 g/mol. The lowest BCUT2D eigenvalue weighted by molar-refractivity contribution is 0.0948. The van der Waals surface area contributed by atoms with Crippen molar-refractivity contribution < 1.29 is 13.9 Å². The summed E-state index contributed by atoms with van der Waals surface area (Å²) in [6.07, 6.45) is 1.58. The fraction of sp³-hybridized carbons (Fsp3) is 0.200. The summed E-state index contributed by atoms with van der Waals surface area (Å²) in [7, 11) is 5.35. The third kappa shape index (κ3) is 3.85. The average Bonchev–Trinajstić information content (AvgIpc) is 3.19. The molecule has 1 N–H and O–H groups in total. The third-order valence-electron chi connectivity index (χ3n) is 3.91. The highest BCUT2D eigenvalue weighted by molar-refractivity contribution is 5.99. The molecule has 26 heavy (non-hydrogen) atoms. The van der Waals surface area contributed by atoms with Gasteiger partial charge >= 0.3 is 0 Å². The number of amides is 1. The first-order valence-electron chi connectivity index (χ1n) is 8.22. The van der Waals surface area contributed by atoms with E-state index < -0.39 is 0 Å². The van der Waals surface area contributed by atoms with Gasteiger partial charge in [-0.3, -0.25) is 4.79 Å². The van der Waals surface area contributed by atoms with Crippen LogP contribution in [0.1, 0.15) is 16.1 Å². The molecule has 0 aliphatic heterocycles. The number of carbonyl (C=O) groups excluding carboxylic acids is 1. The molecule has 0 atom stereocenters. The summed E-state index contributed by atoms with van der Waals surface area (Å²) in [5.74, 6) is 1.86. The van der Waals surface area contributed by atoms with Crippen LogP contribution in [0.25, 0.3) is 11.3 Å². The highest BCUT2D eigenvalue weighted by Crippen LogP contribution is 2.26. The summed E-state index contributed by atoms with van der Waals surface area (Å²) in [5, 5.41) is 2.85. The standard InChI is InChI=1S/C20H21N3O3/c1-23(2)19-17(20(24)21-13-16-8-5-11-26-16)9-10-18(22-19)14-6-4-7-15(12-14)25-3/h4-12H,13H2,1-3H3,(H,21,24). The van der Waals surface area contributed by atoms with Crippen LogP contribution in [-0.4, -0.2) is 32.1 Å². The van der Waals surface area contributed by atoms with Crippen molar-refractivity contribution in [2.24, 2.45) is 0 Å². The number of furan rings is 1. The summed E-state index contributed by atoms with van der Waals surface area (Å²) >= 11 is 0. The number of nitrogens with zero attached hydrogens (tertiary/aromatic N) is 2. The number of nitrogens with one attached hydrogen (secondary N) is 1. The molecule has 6 nitrogen and oxygen atoms in total. The zero-order valence-corrected chi connectivity index (χ0v) is 15.0. The third-order valence-corrected chi connectivity index (χ3v) is 3.91. The van der Waals surface area contributed by atoms with Crippen molar-refractivity contribution in [2.45, 2.75) is 6.54 Å². The van der Waals surface area contributed by atoms with E-state index in [9.17, 15) is 4.79 Å². The van der Waals surface area contributed by atoms with E-state index in [1.165, 1.54) is 0 Å². The number of methoxy groups -OCH3 is 1. The highest BCUT2D eigenvalue weighted by Gasteiger charge is 2.16. The Bertz CT molecular complexity index is 889. The van der Waals surface area contributed by atoms with Crippen molar-refractivity contribution in [3.05, 3.63) is 66.1 Å². The summed E-state index contributed by atoms with van der Waals surface area (Å²) in [6.45, 7) is 0.330. The Morgan fingerprint density at radius 1 is 1.19 bits per heavy atom. The van der Waals surface area contributed by atoms with Crippen molar-refractivity contribution in [1.82, 2.24) is 10.3 Å². The molecule has 6 heteroatoms. The molecule has 3 aromatic rings. The van der Waals surface area contributed by atoms with Gasteiger partial charge in [-0.2, -0.15) is 0 Å². The van der Waals surface area contributed by atoms with Gasteiger partial charge in [0, 0.05) is 19.7 Å². The van der Waals surface area contributed by atoms with Crippen LogP contribution >= 0.6 is 0 Å². The molecule has 0 fully saturated rings. The maximum atomic E-state index is 12.6. The first-order chi connectivity index (χ1) is 12.6. The zero-order chi connectivity index (χ0) is 18.5. The summed E-state index contributed by atoms with van der Waals surface area (Å²) in [6, 6.07) is 14.9. The SMILES string of the molecule is COc1cccc(-c2ccc(C(=O)NCc3ccco3)c(N(C)C)n2)c1. The van der Waals surface area contributed by atoms with Crippen LogP contribution in [0.5, 0.6) is 5.75 Å². The van der Waals surface area contributed by atoms with Crippen LogP contribution in [0.2, 0.25) is 0 Å². The van der Waals surface area contributed by atoms with Crippen LogP contribution in [0.4, 0.5) is 5.82 Å². The number of rotatable bonds is 6. The van der Waals surface area contributed by atoms with E-state index in [1.54, 1.807) is 25.5 Å². The van der Waals surface area contributed by atoms with E-state index in [2.05, 4.69) is 10.3 Å². The minimum atomic E-state index is -0.199. The van der Waals surface area contributed by atoms with E-state index in [4.69, 9.17) is 9.15 Å². The molecule has 2 aromatic heterocycles. The van der Waals surface area contributed by atoms with Gasteiger partial charge in [0.2, 0.25) is 0 Å². The molecule has 134 valence electrons. The number of hydrogen-bond acceptors (Lipinski definition) is 5. The predicted octanol–water partition coefficient (Wildman–Crippen LogP) is 3.35. The van der Waals surface area contributed by atoms with E-state index in [0.717, 1.165) is 17.0 Å². The Labute approximate surface area is 152 Å². The second kappa shape index (κ2) is 7.74. The number of anilines is 1. The van der Waals surface area contributed by atoms with E-state index in [-0.39, 0.29) is 5.91 Å². The van der Waals surface area contributed by atoms with Crippen molar-refractivity contribution in [3.8, 4) is 17.0 Å². The van der Waals surface area contributed by atoms with Gasteiger partial charge in [-0.25, -0.2) is 4.98 Å². The minimum Gasteiger partial charge on any atom is -0.497 e. The van der Waals surface area contributed by atoms with Gasteiger partial charge in [0.15, 0.2) is 0 Å². The molecule has 1 aromatic carbocycles.